The summed E-state index contributed by atoms with van der Waals surface area (Å²) in [6.07, 6.45) is 7.17. The molecule has 3 rings (SSSR count). The Labute approximate surface area is 201 Å². The third-order valence-electron chi connectivity index (χ3n) is 8.14. The summed E-state index contributed by atoms with van der Waals surface area (Å²) in [4.78, 5) is 0. The highest BCUT2D eigenvalue weighted by atomic mass is 16.3. The van der Waals surface area contributed by atoms with E-state index < -0.39 is 0 Å². The van der Waals surface area contributed by atoms with Gasteiger partial charge < -0.3 is 5.11 Å². The third kappa shape index (κ3) is 4.74. The number of phenols is 1. The first kappa shape index (κ1) is 25.1. The van der Waals surface area contributed by atoms with Crippen molar-refractivity contribution in [1.29, 1.82) is 0 Å². The fourth-order valence-electron chi connectivity index (χ4n) is 6.24. The van der Waals surface area contributed by atoms with Crippen molar-refractivity contribution in [2.45, 2.75) is 89.4 Å². The van der Waals surface area contributed by atoms with Gasteiger partial charge in [-0.25, -0.2) is 0 Å². The first-order valence-electron chi connectivity index (χ1n) is 12.7. The number of phenolic OH excluding ortho intramolecular Hbond substituents is 1. The van der Waals surface area contributed by atoms with Crippen molar-refractivity contribution in [3.63, 3.8) is 0 Å². The molecular formula is C32H42O. The van der Waals surface area contributed by atoms with Gasteiger partial charge in [0.25, 0.3) is 0 Å². The lowest BCUT2D eigenvalue weighted by molar-refractivity contribution is 0.120. The molecule has 1 nitrogen and oxygen atoms in total. The summed E-state index contributed by atoms with van der Waals surface area (Å²) in [6.45, 7) is 11.8. The summed E-state index contributed by atoms with van der Waals surface area (Å²) < 4.78 is 0. The van der Waals surface area contributed by atoms with Gasteiger partial charge in [-0.15, -0.1) is 0 Å². The third-order valence-corrected chi connectivity index (χ3v) is 8.14. The lowest BCUT2D eigenvalue weighted by Gasteiger charge is -2.57. The molecule has 176 valence electrons. The quantitative estimate of drug-likeness (QED) is 0.294. The molecule has 1 heteroatoms. The maximum absolute atomic E-state index is 11.3. The monoisotopic (exact) mass is 442 g/mol. The van der Waals surface area contributed by atoms with E-state index in [2.05, 4.69) is 107 Å². The summed E-state index contributed by atoms with van der Waals surface area (Å²) in [7, 11) is 0. The predicted molar refractivity (Wildman–Crippen MR) is 142 cm³/mol. The van der Waals surface area contributed by atoms with E-state index in [0.29, 0.717) is 5.75 Å². The van der Waals surface area contributed by atoms with Gasteiger partial charge in [-0.2, -0.15) is 0 Å². The average Bonchev–Trinajstić information content (AvgIpc) is 2.83. The minimum atomic E-state index is -0.319. The molecule has 0 amide bonds. The van der Waals surface area contributed by atoms with Crippen LogP contribution in [0.1, 0.15) is 89.8 Å². The van der Waals surface area contributed by atoms with Crippen LogP contribution in [0.15, 0.2) is 84.9 Å². The van der Waals surface area contributed by atoms with Gasteiger partial charge in [0, 0.05) is 21.8 Å². The van der Waals surface area contributed by atoms with E-state index in [4.69, 9.17) is 0 Å². The summed E-state index contributed by atoms with van der Waals surface area (Å²) in [5, 5.41) is 11.3. The number of hydrogen-bond donors (Lipinski definition) is 1. The molecule has 0 atom stereocenters. The Morgan fingerprint density at radius 2 is 1.03 bits per heavy atom. The molecule has 0 spiro atoms. The van der Waals surface area contributed by atoms with Crippen molar-refractivity contribution in [2.75, 3.05) is 0 Å². The van der Waals surface area contributed by atoms with Crippen LogP contribution >= 0.6 is 0 Å². The van der Waals surface area contributed by atoms with Crippen LogP contribution in [0.5, 0.6) is 5.75 Å². The summed E-state index contributed by atoms with van der Waals surface area (Å²) in [5.41, 5.74) is 2.91. The number of para-hydroxylation sites is 1. The van der Waals surface area contributed by atoms with E-state index in [0.717, 1.165) is 18.4 Å². The number of benzene rings is 3. The fourth-order valence-corrected chi connectivity index (χ4v) is 6.24. The van der Waals surface area contributed by atoms with Crippen molar-refractivity contribution in [3.8, 4) is 5.75 Å². The van der Waals surface area contributed by atoms with E-state index in [1.54, 1.807) is 0 Å². The highest BCUT2D eigenvalue weighted by Crippen LogP contribution is 2.59. The topological polar surface area (TPSA) is 20.2 Å². The maximum Gasteiger partial charge on any atom is 0.119 e. The first-order valence-corrected chi connectivity index (χ1v) is 12.7. The van der Waals surface area contributed by atoms with Crippen LogP contribution in [0.25, 0.3) is 0 Å². The van der Waals surface area contributed by atoms with E-state index in [9.17, 15) is 5.11 Å². The second-order valence-electron chi connectivity index (χ2n) is 10.6. The highest BCUT2D eigenvalue weighted by Gasteiger charge is 2.57. The van der Waals surface area contributed by atoms with Gasteiger partial charge in [0.05, 0.1) is 0 Å². The molecule has 0 aliphatic heterocycles. The SMILES string of the molecule is CCCCCCCC(c1ccccc1O)(C(C)(C)c1ccccc1)C(C)(C)c1ccccc1. The zero-order valence-electron chi connectivity index (χ0n) is 21.3. The molecule has 0 aliphatic carbocycles. The molecule has 0 heterocycles. The maximum atomic E-state index is 11.3. The normalized spacial score (nSPS) is 12.6. The van der Waals surface area contributed by atoms with Crippen LogP contribution in [0.4, 0.5) is 0 Å². The van der Waals surface area contributed by atoms with Crippen molar-refractivity contribution in [3.05, 3.63) is 102 Å². The first-order chi connectivity index (χ1) is 15.8. The van der Waals surface area contributed by atoms with Gasteiger partial charge in [0.15, 0.2) is 0 Å². The van der Waals surface area contributed by atoms with Crippen LogP contribution in [0.2, 0.25) is 0 Å². The Hall–Kier alpha value is -2.54. The van der Waals surface area contributed by atoms with E-state index in [1.165, 1.54) is 36.8 Å². The van der Waals surface area contributed by atoms with E-state index in [-0.39, 0.29) is 16.2 Å². The Balaban J connectivity index is 2.28. The second kappa shape index (κ2) is 10.6. The van der Waals surface area contributed by atoms with Gasteiger partial charge in [0.1, 0.15) is 5.75 Å². The fraction of sp³-hybridized carbons (Fsp3) is 0.438. The van der Waals surface area contributed by atoms with Crippen LogP contribution in [-0.4, -0.2) is 5.11 Å². The number of hydrogen-bond acceptors (Lipinski definition) is 1. The van der Waals surface area contributed by atoms with Crippen LogP contribution in [-0.2, 0) is 16.2 Å². The van der Waals surface area contributed by atoms with Gasteiger partial charge in [0.2, 0.25) is 0 Å². The Bertz CT molecular complexity index is 934. The summed E-state index contributed by atoms with van der Waals surface area (Å²) in [5.74, 6) is 0.402. The van der Waals surface area contributed by atoms with Gasteiger partial charge in [-0.1, -0.05) is 146 Å². The van der Waals surface area contributed by atoms with Crippen molar-refractivity contribution in [1.82, 2.24) is 0 Å². The van der Waals surface area contributed by atoms with E-state index >= 15 is 0 Å². The molecule has 0 saturated carbocycles. The lowest BCUT2D eigenvalue weighted by atomic mass is 9.45. The largest absolute Gasteiger partial charge is 0.508 e. The van der Waals surface area contributed by atoms with E-state index in [1.807, 2.05) is 12.1 Å². The second-order valence-corrected chi connectivity index (χ2v) is 10.6. The molecule has 0 aromatic heterocycles. The summed E-state index contributed by atoms with van der Waals surface area (Å²) in [6, 6.07) is 29.8. The van der Waals surface area contributed by atoms with Crippen molar-refractivity contribution >= 4 is 0 Å². The molecule has 3 aromatic carbocycles. The van der Waals surface area contributed by atoms with Gasteiger partial charge >= 0.3 is 0 Å². The average molecular weight is 443 g/mol. The molecule has 0 fully saturated rings. The molecule has 0 bridgehead atoms. The predicted octanol–water partition coefficient (Wildman–Crippen LogP) is 8.95. The Kier molecular flexibility index (Phi) is 8.05. The van der Waals surface area contributed by atoms with Crippen LogP contribution in [0, 0.1) is 0 Å². The van der Waals surface area contributed by atoms with Crippen molar-refractivity contribution < 1.29 is 5.11 Å². The molecule has 33 heavy (non-hydrogen) atoms. The number of rotatable bonds is 11. The van der Waals surface area contributed by atoms with Gasteiger partial charge in [-0.05, 0) is 23.6 Å². The molecule has 0 radical (unpaired) electrons. The smallest absolute Gasteiger partial charge is 0.119 e. The Morgan fingerprint density at radius 3 is 1.52 bits per heavy atom. The molecule has 0 unspecified atom stereocenters. The minimum Gasteiger partial charge on any atom is -0.508 e. The molecule has 3 aromatic rings. The molecular weight excluding hydrogens is 400 g/mol. The number of aromatic hydroxyl groups is 1. The molecule has 0 aliphatic rings. The highest BCUT2D eigenvalue weighted by molar-refractivity contribution is 5.50. The lowest BCUT2D eigenvalue weighted by Crippen LogP contribution is -2.57. The standard InChI is InChI=1S/C32H42O/c1-6-7-8-9-18-25-32(28-23-16-17-24-29(28)33,30(2,3)26-19-12-10-13-20-26)31(4,5)27-21-14-11-15-22-27/h10-17,19-24,33H,6-9,18,25H2,1-5H3. The van der Waals surface area contributed by atoms with Gasteiger partial charge in [-0.3, -0.25) is 0 Å². The zero-order chi connectivity index (χ0) is 24.0. The summed E-state index contributed by atoms with van der Waals surface area (Å²) >= 11 is 0. The van der Waals surface area contributed by atoms with Crippen LogP contribution in [0.3, 0.4) is 0 Å². The molecule has 1 N–H and O–H groups in total. The van der Waals surface area contributed by atoms with Crippen LogP contribution < -0.4 is 0 Å². The molecule has 0 saturated heterocycles. The number of unbranched alkanes of at least 4 members (excludes halogenated alkanes) is 4. The minimum absolute atomic E-state index is 0.225. The van der Waals surface area contributed by atoms with Crippen molar-refractivity contribution in [2.24, 2.45) is 0 Å². The zero-order valence-corrected chi connectivity index (χ0v) is 21.3. The Morgan fingerprint density at radius 1 is 0.576 bits per heavy atom.